The van der Waals surface area contributed by atoms with Crippen LogP contribution in [0.1, 0.15) is 52.5 Å². The van der Waals surface area contributed by atoms with Gasteiger partial charge in [-0.15, -0.1) is 0 Å². The maximum Gasteiger partial charge on any atom is 0.0453 e. The first-order valence-corrected chi connectivity index (χ1v) is 8.24. The van der Waals surface area contributed by atoms with Crippen molar-refractivity contribution in [3.8, 4) is 0 Å². The molecule has 1 atom stereocenters. The number of benzene rings is 1. The van der Waals surface area contributed by atoms with Gasteiger partial charge in [0.25, 0.3) is 0 Å². The molecule has 0 saturated heterocycles. The fourth-order valence-corrected chi connectivity index (χ4v) is 2.67. The van der Waals surface area contributed by atoms with Crippen LogP contribution in [0.3, 0.4) is 0 Å². The Bertz CT molecular complexity index is 410. The summed E-state index contributed by atoms with van der Waals surface area (Å²) in [6, 6.07) is 6.28. The Hall–Kier alpha value is -0.240. The number of hydrogen-bond acceptors (Lipinski definition) is 1. The van der Waals surface area contributed by atoms with Gasteiger partial charge in [-0.25, -0.2) is 0 Å². The molecule has 114 valence electrons. The van der Waals surface area contributed by atoms with Gasteiger partial charge in [0, 0.05) is 16.1 Å². The predicted octanol–water partition coefficient (Wildman–Crippen LogP) is 5.73. The summed E-state index contributed by atoms with van der Waals surface area (Å²) < 4.78 is 0. The molecular weight excluding hydrogens is 289 g/mol. The SMILES string of the molecule is CCCNC(CCC(C)(C)C)Cc1ccc(Cl)cc1Cl. The lowest BCUT2D eigenvalue weighted by molar-refractivity contribution is 0.328. The first-order valence-electron chi connectivity index (χ1n) is 7.49. The Morgan fingerprint density at radius 2 is 1.90 bits per heavy atom. The van der Waals surface area contributed by atoms with Crippen molar-refractivity contribution in [3.05, 3.63) is 33.8 Å². The topological polar surface area (TPSA) is 12.0 Å². The standard InChI is InChI=1S/C17H27Cl2N/c1-5-10-20-15(8-9-17(2,3)4)11-13-6-7-14(18)12-16(13)19/h6-7,12,15,20H,5,8-11H2,1-4H3. The zero-order chi connectivity index (χ0) is 15.2. The monoisotopic (exact) mass is 315 g/mol. The lowest BCUT2D eigenvalue weighted by atomic mass is 9.87. The lowest BCUT2D eigenvalue weighted by Crippen LogP contribution is -2.33. The van der Waals surface area contributed by atoms with E-state index in [-0.39, 0.29) is 0 Å². The summed E-state index contributed by atoms with van der Waals surface area (Å²) in [7, 11) is 0. The average molecular weight is 316 g/mol. The molecule has 0 aliphatic carbocycles. The molecule has 1 aromatic carbocycles. The molecule has 0 radical (unpaired) electrons. The molecule has 0 heterocycles. The molecule has 1 N–H and O–H groups in total. The molecule has 0 aliphatic heterocycles. The van der Waals surface area contributed by atoms with E-state index in [4.69, 9.17) is 23.2 Å². The number of hydrogen-bond donors (Lipinski definition) is 1. The van der Waals surface area contributed by atoms with E-state index in [1.165, 1.54) is 18.4 Å². The van der Waals surface area contributed by atoms with Crippen LogP contribution in [0.2, 0.25) is 10.0 Å². The predicted molar refractivity (Wildman–Crippen MR) is 90.9 cm³/mol. The van der Waals surface area contributed by atoms with Gasteiger partial charge in [-0.2, -0.15) is 0 Å². The van der Waals surface area contributed by atoms with E-state index in [9.17, 15) is 0 Å². The van der Waals surface area contributed by atoms with Crippen LogP contribution in [0.4, 0.5) is 0 Å². The number of nitrogens with one attached hydrogen (secondary N) is 1. The fourth-order valence-electron chi connectivity index (χ4n) is 2.18. The highest BCUT2D eigenvalue weighted by Gasteiger charge is 2.16. The third-order valence-electron chi connectivity index (χ3n) is 3.41. The van der Waals surface area contributed by atoms with Gasteiger partial charge in [-0.05, 0) is 55.3 Å². The summed E-state index contributed by atoms with van der Waals surface area (Å²) in [5, 5.41) is 5.12. The van der Waals surface area contributed by atoms with Crippen LogP contribution in [0.25, 0.3) is 0 Å². The average Bonchev–Trinajstić information content (AvgIpc) is 2.34. The van der Waals surface area contributed by atoms with Gasteiger partial charge in [0.15, 0.2) is 0 Å². The van der Waals surface area contributed by atoms with E-state index in [0.717, 1.165) is 24.4 Å². The van der Waals surface area contributed by atoms with Crippen molar-refractivity contribution in [2.24, 2.45) is 5.41 Å². The van der Waals surface area contributed by atoms with E-state index < -0.39 is 0 Å². The van der Waals surface area contributed by atoms with Gasteiger partial charge in [-0.1, -0.05) is 57.0 Å². The second-order valence-corrected chi connectivity index (χ2v) is 7.53. The van der Waals surface area contributed by atoms with E-state index >= 15 is 0 Å². The van der Waals surface area contributed by atoms with Crippen LogP contribution < -0.4 is 5.32 Å². The smallest absolute Gasteiger partial charge is 0.0453 e. The number of halogens is 2. The van der Waals surface area contributed by atoms with Crippen molar-refractivity contribution in [3.63, 3.8) is 0 Å². The van der Waals surface area contributed by atoms with Gasteiger partial charge >= 0.3 is 0 Å². The molecule has 3 heteroatoms. The maximum atomic E-state index is 6.29. The van der Waals surface area contributed by atoms with E-state index in [1.807, 2.05) is 18.2 Å². The summed E-state index contributed by atoms with van der Waals surface area (Å²) >= 11 is 12.2. The Labute approximate surface area is 134 Å². The summed E-state index contributed by atoms with van der Waals surface area (Å²) in [5.74, 6) is 0. The highest BCUT2D eigenvalue weighted by molar-refractivity contribution is 6.35. The maximum absolute atomic E-state index is 6.29. The molecule has 1 nitrogen and oxygen atoms in total. The minimum absolute atomic E-state index is 0.371. The Kier molecular flexibility index (Phi) is 7.36. The summed E-state index contributed by atoms with van der Waals surface area (Å²) in [6.45, 7) is 10.1. The second kappa shape index (κ2) is 8.26. The highest BCUT2D eigenvalue weighted by atomic mass is 35.5. The Morgan fingerprint density at radius 1 is 1.20 bits per heavy atom. The molecule has 0 spiro atoms. The van der Waals surface area contributed by atoms with Crippen molar-refractivity contribution in [1.29, 1.82) is 0 Å². The molecule has 20 heavy (non-hydrogen) atoms. The molecule has 0 bridgehead atoms. The summed E-state index contributed by atoms with van der Waals surface area (Å²) in [5.41, 5.74) is 1.55. The molecule has 1 rings (SSSR count). The van der Waals surface area contributed by atoms with Crippen LogP contribution in [0.15, 0.2) is 18.2 Å². The zero-order valence-corrected chi connectivity index (χ0v) is 14.6. The second-order valence-electron chi connectivity index (χ2n) is 6.69. The summed E-state index contributed by atoms with van der Waals surface area (Å²) in [4.78, 5) is 0. The highest BCUT2D eigenvalue weighted by Crippen LogP contribution is 2.25. The Morgan fingerprint density at radius 3 is 2.45 bits per heavy atom. The third-order valence-corrected chi connectivity index (χ3v) is 3.99. The molecule has 1 aromatic rings. The first kappa shape index (κ1) is 17.8. The van der Waals surface area contributed by atoms with Gasteiger partial charge < -0.3 is 5.32 Å². The van der Waals surface area contributed by atoms with Crippen LogP contribution >= 0.6 is 23.2 Å². The van der Waals surface area contributed by atoms with Gasteiger partial charge in [0.1, 0.15) is 0 Å². The minimum atomic E-state index is 0.371. The van der Waals surface area contributed by atoms with E-state index in [0.29, 0.717) is 16.5 Å². The van der Waals surface area contributed by atoms with Crippen molar-refractivity contribution in [1.82, 2.24) is 5.32 Å². The van der Waals surface area contributed by atoms with E-state index in [1.54, 1.807) is 0 Å². The molecule has 0 saturated carbocycles. The first-order chi connectivity index (χ1) is 9.31. The molecule has 0 amide bonds. The van der Waals surface area contributed by atoms with Gasteiger partial charge in [0.05, 0.1) is 0 Å². The van der Waals surface area contributed by atoms with Crippen molar-refractivity contribution in [2.75, 3.05) is 6.54 Å². The zero-order valence-electron chi connectivity index (χ0n) is 13.1. The van der Waals surface area contributed by atoms with Crippen LogP contribution in [0.5, 0.6) is 0 Å². The van der Waals surface area contributed by atoms with Gasteiger partial charge in [-0.3, -0.25) is 0 Å². The quantitative estimate of drug-likeness (QED) is 0.677. The van der Waals surface area contributed by atoms with E-state index in [2.05, 4.69) is 33.0 Å². The van der Waals surface area contributed by atoms with Crippen LogP contribution in [-0.2, 0) is 6.42 Å². The lowest BCUT2D eigenvalue weighted by Gasteiger charge is -2.24. The van der Waals surface area contributed by atoms with Crippen LogP contribution in [-0.4, -0.2) is 12.6 Å². The molecular formula is C17H27Cl2N. The minimum Gasteiger partial charge on any atom is -0.314 e. The summed E-state index contributed by atoms with van der Waals surface area (Å²) in [6.07, 6.45) is 4.49. The molecule has 0 fully saturated rings. The normalized spacial score (nSPS) is 13.5. The van der Waals surface area contributed by atoms with Crippen molar-refractivity contribution >= 4 is 23.2 Å². The molecule has 1 unspecified atom stereocenters. The Balaban J connectivity index is 2.67. The third kappa shape index (κ3) is 6.97. The van der Waals surface area contributed by atoms with Gasteiger partial charge in [0.2, 0.25) is 0 Å². The molecule has 0 aromatic heterocycles. The van der Waals surface area contributed by atoms with Crippen LogP contribution in [0, 0.1) is 5.41 Å². The largest absolute Gasteiger partial charge is 0.314 e. The van der Waals surface area contributed by atoms with Crippen molar-refractivity contribution < 1.29 is 0 Å². The van der Waals surface area contributed by atoms with Crippen molar-refractivity contribution in [2.45, 2.75) is 59.4 Å². The molecule has 0 aliphatic rings. The fraction of sp³-hybridized carbons (Fsp3) is 0.647. The number of rotatable bonds is 7.